The minimum Gasteiger partial charge on any atom is -0.493 e. The molecule has 24 heavy (non-hydrogen) atoms. The number of likely N-dealkylation sites (tertiary alicyclic amines) is 1. The van der Waals surface area contributed by atoms with Crippen molar-refractivity contribution in [3.63, 3.8) is 0 Å². The van der Waals surface area contributed by atoms with E-state index in [1.54, 1.807) is 7.11 Å². The second kappa shape index (κ2) is 7.53. The molecule has 132 valence electrons. The van der Waals surface area contributed by atoms with Crippen molar-refractivity contribution in [2.24, 2.45) is 17.6 Å². The topological polar surface area (TPSA) is 64.8 Å². The molecule has 1 amide bonds. The number of benzene rings is 1. The van der Waals surface area contributed by atoms with Gasteiger partial charge in [-0.25, -0.2) is 0 Å². The standard InChI is InChI=1S/C19H28N2O3/c1-13-4-5-14(10-17(13)24-9-3-8-20)19(22)21-11-15-6-7-16(12-21)18(15)23-2/h4-5,10,15-16,18H,3,6-9,11-12,20H2,1-2H3/t15-,16+,18?. The van der Waals surface area contributed by atoms with Gasteiger partial charge < -0.3 is 20.1 Å². The zero-order valence-corrected chi connectivity index (χ0v) is 14.7. The predicted molar refractivity (Wildman–Crippen MR) is 93.3 cm³/mol. The van der Waals surface area contributed by atoms with Gasteiger partial charge in [-0.2, -0.15) is 0 Å². The molecule has 1 aromatic rings. The van der Waals surface area contributed by atoms with Crippen molar-refractivity contribution in [1.82, 2.24) is 4.90 Å². The van der Waals surface area contributed by atoms with E-state index in [4.69, 9.17) is 15.2 Å². The molecule has 1 saturated heterocycles. The summed E-state index contributed by atoms with van der Waals surface area (Å²) in [6, 6.07) is 5.73. The van der Waals surface area contributed by atoms with Gasteiger partial charge in [-0.1, -0.05) is 6.07 Å². The average Bonchev–Trinajstić information content (AvgIpc) is 2.84. The van der Waals surface area contributed by atoms with Crippen molar-refractivity contribution in [2.75, 3.05) is 33.4 Å². The van der Waals surface area contributed by atoms with E-state index in [0.717, 1.165) is 43.7 Å². The summed E-state index contributed by atoms with van der Waals surface area (Å²) in [6.45, 7) is 4.78. The molecule has 2 aliphatic rings. The molecule has 5 heteroatoms. The van der Waals surface area contributed by atoms with E-state index in [-0.39, 0.29) is 5.91 Å². The average molecular weight is 332 g/mol. The van der Waals surface area contributed by atoms with E-state index in [1.807, 2.05) is 30.0 Å². The molecule has 2 fully saturated rings. The molecular weight excluding hydrogens is 304 g/mol. The van der Waals surface area contributed by atoms with Crippen LogP contribution >= 0.6 is 0 Å². The Morgan fingerprint density at radius 3 is 2.62 bits per heavy atom. The lowest BCUT2D eigenvalue weighted by molar-refractivity contribution is -0.0113. The first-order valence-corrected chi connectivity index (χ1v) is 8.89. The summed E-state index contributed by atoms with van der Waals surface area (Å²) in [6.07, 6.45) is 3.45. The van der Waals surface area contributed by atoms with Crippen LogP contribution in [0.5, 0.6) is 5.75 Å². The van der Waals surface area contributed by atoms with Gasteiger partial charge >= 0.3 is 0 Å². The Hall–Kier alpha value is -1.59. The van der Waals surface area contributed by atoms with Gasteiger partial charge in [0, 0.05) is 37.6 Å². The number of amides is 1. The molecule has 1 aliphatic carbocycles. The molecule has 0 spiro atoms. The number of nitrogens with two attached hydrogens (primary N) is 1. The van der Waals surface area contributed by atoms with Crippen LogP contribution in [0.3, 0.4) is 0 Å². The molecule has 1 aliphatic heterocycles. The summed E-state index contributed by atoms with van der Waals surface area (Å²) < 4.78 is 11.4. The minimum absolute atomic E-state index is 0.102. The van der Waals surface area contributed by atoms with Crippen LogP contribution in [-0.4, -0.2) is 50.3 Å². The van der Waals surface area contributed by atoms with E-state index >= 15 is 0 Å². The second-order valence-corrected chi connectivity index (χ2v) is 6.98. The first-order valence-electron chi connectivity index (χ1n) is 8.89. The minimum atomic E-state index is 0.102. The highest BCUT2D eigenvalue weighted by Crippen LogP contribution is 2.39. The van der Waals surface area contributed by atoms with Gasteiger partial charge in [0.2, 0.25) is 0 Å². The lowest BCUT2D eigenvalue weighted by Gasteiger charge is -2.37. The maximum Gasteiger partial charge on any atom is 0.254 e. The first kappa shape index (κ1) is 17.2. The van der Waals surface area contributed by atoms with Crippen molar-refractivity contribution < 1.29 is 14.3 Å². The number of ether oxygens (including phenoxy) is 2. The normalized spacial score (nSPS) is 25.8. The molecule has 0 aromatic heterocycles. The van der Waals surface area contributed by atoms with E-state index in [1.165, 1.54) is 0 Å². The highest BCUT2D eigenvalue weighted by Gasteiger charge is 2.43. The number of nitrogens with zero attached hydrogens (tertiary/aromatic N) is 1. The number of carbonyl (C=O) groups excluding carboxylic acids is 1. The third kappa shape index (κ3) is 3.42. The SMILES string of the molecule is COC1[C@@H]2CC[C@H]1CN(C(=O)c1ccc(C)c(OCCCN)c1)C2. The van der Waals surface area contributed by atoms with Gasteiger partial charge in [0.25, 0.3) is 5.91 Å². The van der Waals surface area contributed by atoms with Gasteiger partial charge in [0.05, 0.1) is 12.7 Å². The Morgan fingerprint density at radius 2 is 2.00 bits per heavy atom. The molecule has 5 nitrogen and oxygen atoms in total. The van der Waals surface area contributed by atoms with Crippen molar-refractivity contribution >= 4 is 5.91 Å². The van der Waals surface area contributed by atoms with Crippen LogP contribution in [0.1, 0.15) is 35.2 Å². The van der Waals surface area contributed by atoms with E-state index in [0.29, 0.717) is 36.7 Å². The van der Waals surface area contributed by atoms with Gasteiger partial charge in [0.1, 0.15) is 5.75 Å². The Bertz CT molecular complexity index is 576. The monoisotopic (exact) mass is 332 g/mol. The molecule has 2 N–H and O–H groups in total. The van der Waals surface area contributed by atoms with Crippen LogP contribution in [0.4, 0.5) is 0 Å². The largest absolute Gasteiger partial charge is 0.493 e. The van der Waals surface area contributed by atoms with Gasteiger partial charge in [0.15, 0.2) is 0 Å². The van der Waals surface area contributed by atoms with Gasteiger partial charge in [-0.15, -0.1) is 0 Å². The van der Waals surface area contributed by atoms with E-state index in [9.17, 15) is 4.79 Å². The summed E-state index contributed by atoms with van der Waals surface area (Å²) in [5.74, 6) is 1.83. The van der Waals surface area contributed by atoms with Crippen molar-refractivity contribution in [1.29, 1.82) is 0 Å². The Balaban J connectivity index is 1.70. The van der Waals surface area contributed by atoms with Gasteiger partial charge in [-0.3, -0.25) is 4.79 Å². The highest BCUT2D eigenvalue weighted by molar-refractivity contribution is 5.94. The number of hydrogen-bond donors (Lipinski definition) is 1. The maximum absolute atomic E-state index is 12.9. The van der Waals surface area contributed by atoms with Gasteiger partial charge in [-0.05, 0) is 50.4 Å². The fraction of sp³-hybridized carbons (Fsp3) is 0.632. The van der Waals surface area contributed by atoms with Crippen LogP contribution < -0.4 is 10.5 Å². The Labute approximate surface area is 144 Å². The maximum atomic E-state index is 12.9. The summed E-state index contributed by atoms with van der Waals surface area (Å²) in [7, 11) is 1.79. The Kier molecular flexibility index (Phi) is 5.41. The highest BCUT2D eigenvalue weighted by atomic mass is 16.5. The summed E-state index contributed by atoms with van der Waals surface area (Å²) in [5.41, 5.74) is 7.26. The molecule has 1 unspecified atom stereocenters. The summed E-state index contributed by atoms with van der Waals surface area (Å²) in [4.78, 5) is 14.9. The fourth-order valence-corrected chi connectivity index (χ4v) is 4.06. The summed E-state index contributed by atoms with van der Waals surface area (Å²) in [5, 5.41) is 0. The molecule has 1 aromatic carbocycles. The zero-order chi connectivity index (χ0) is 17.1. The van der Waals surface area contributed by atoms with Crippen LogP contribution in [0, 0.1) is 18.8 Å². The molecule has 3 atom stereocenters. The Morgan fingerprint density at radius 1 is 1.29 bits per heavy atom. The third-order valence-corrected chi connectivity index (χ3v) is 5.35. The number of hydrogen-bond acceptors (Lipinski definition) is 4. The smallest absolute Gasteiger partial charge is 0.254 e. The number of fused-ring (bicyclic) bond motifs is 2. The van der Waals surface area contributed by atoms with Crippen LogP contribution in [0.25, 0.3) is 0 Å². The van der Waals surface area contributed by atoms with Crippen molar-refractivity contribution in [2.45, 2.75) is 32.3 Å². The number of methoxy groups -OCH3 is 1. The molecular formula is C19H28N2O3. The lowest BCUT2D eigenvalue weighted by Crippen LogP contribution is -2.48. The second-order valence-electron chi connectivity index (χ2n) is 6.98. The number of carbonyl (C=O) groups is 1. The van der Waals surface area contributed by atoms with E-state index < -0.39 is 0 Å². The zero-order valence-electron chi connectivity index (χ0n) is 14.7. The van der Waals surface area contributed by atoms with Crippen molar-refractivity contribution in [3.8, 4) is 5.75 Å². The third-order valence-electron chi connectivity index (χ3n) is 5.35. The molecule has 0 radical (unpaired) electrons. The van der Waals surface area contributed by atoms with E-state index in [2.05, 4.69) is 0 Å². The molecule has 2 bridgehead atoms. The lowest BCUT2D eigenvalue weighted by atomic mass is 9.94. The number of rotatable bonds is 6. The number of piperidine rings is 1. The van der Waals surface area contributed by atoms with Crippen LogP contribution in [-0.2, 0) is 4.74 Å². The predicted octanol–water partition coefficient (Wildman–Crippen LogP) is 2.22. The van der Waals surface area contributed by atoms with Crippen LogP contribution in [0.15, 0.2) is 18.2 Å². The number of aryl methyl sites for hydroxylation is 1. The quantitative estimate of drug-likeness (QED) is 0.811. The van der Waals surface area contributed by atoms with Crippen molar-refractivity contribution in [3.05, 3.63) is 29.3 Å². The molecule has 3 rings (SSSR count). The molecule has 1 saturated carbocycles. The first-order chi connectivity index (χ1) is 11.6. The summed E-state index contributed by atoms with van der Waals surface area (Å²) >= 11 is 0. The fourth-order valence-electron chi connectivity index (χ4n) is 4.06. The van der Waals surface area contributed by atoms with Crippen LogP contribution in [0.2, 0.25) is 0 Å². The molecule has 1 heterocycles.